The summed E-state index contributed by atoms with van der Waals surface area (Å²) < 4.78 is 7.69. The summed E-state index contributed by atoms with van der Waals surface area (Å²) in [5.74, 6) is 0. The van der Waals surface area contributed by atoms with Crippen molar-refractivity contribution < 1.29 is 4.74 Å². The van der Waals surface area contributed by atoms with Crippen molar-refractivity contribution in [2.45, 2.75) is 59.2 Å². The summed E-state index contributed by atoms with van der Waals surface area (Å²) in [7, 11) is 0. The van der Waals surface area contributed by atoms with E-state index in [4.69, 9.17) is 10.5 Å². The van der Waals surface area contributed by atoms with Gasteiger partial charge in [0.2, 0.25) is 0 Å². The van der Waals surface area contributed by atoms with E-state index in [1.54, 1.807) is 0 Å². The number of hydrogen-bond donors (Lipinski definition) is 1. The number of nitrogens with two attached hydrogens (primary N) is 1. The lowest BCUT2D eigenvalue weighted by Gasteiger charge is -2.22. The van der Waals surface area contributed by atoms with Crippen molar-refractivity contribution in [2.24, 2.45) is 5.73 Å². The van der Waals surface area contributed by atoms with Gasteiger partial charge in [0.15, 0.2) is 0 Å². The highest BCUT2D eigenvalue weighted by Crippen LogP contribution is 2.10. The summed E-state index contributed by atoms with van der Waals surface area (Å²) in [5.41, 5.74) is 8.06. The predicted molar refractivity (Wildman–Crippen MR) is 69.8 cm³/mol. The molecular weight excluding hydrogens is 214 g/mol. The zero-order valence-electron chi connectivity index (χ0n) is 11.5. The van der Waals surface area contributed by atoms with E-state index in [0.717, 1.165) is 30.8 Å². The molecule has 0 radical (unpaired) electrons. The van der Waals surface area contributed by atoms with Crippen LogP contribution in [-0.4, -0.2) is 21.9 Å². The second-order valence-electron chi connectivity index (χ2n) is 4.80. The zero-order chi connectivity index (χ0) is 12.9. The fraction of sp³-hybridized carbons (Fsp3) is 0.769. The highest BCUT2D eigenvalue weighted by molar-refractivity contribution is 5.09. The van der Waals surface area contributed by atoms with Gasteiger partial charge in [0.1, 0.15) is 0 Å². The lowest BCUT2D eigenvalue weighted by molar-refractivity contribution is 0.0734. The lowest BCUT2D eigenvalue weighted by atomic mass is 10.0. The van der Waals surface area contributed by atoms with Crippen LogP contribution in [0.3, 0.4) is 0 Å². The van der Waals surface area contributed by atoms with Crippen molar-refractivity contribution in [3.05, 3.63) is 17.5 Å². The first kappa shape index (κ1) is 14.2. The van der Waals surface area contributed by atoms with E-state index in [9.17, 15) is 0 Å². The first-order valence-corrected chi connectivity index (χ1v) is 6.44. The Balaban J connectivity index is 2.54. The van der Waals surface area contributed by atoms with Crippen molar-refractivity contribution in [3.8, 4) is 0 Å². The van der Waals surface area contributed by atoms with Crippen LogP contribution in [0.4, 0.5) is 0 Å². The minimum atomic E-state index is -0.231. The van der Waals surface area contributed by atoms with E-state index in [0.29, 0.717) is 13.2 Å². The molecule has 0 saturated heterocycles. The summed E-state index contributed by atoms with van der Waals surface area (Å²) in [6, 6.07) is 2.11. The number of rotatable bonds is 7. The van der Waals surface area contributed by atoms with E-state index in [1.165, 1.54) is 0 Å². The molecule has 2 N–H and O–H groups in total. The number of nitrogens with zero attached hydrogens (tertiary/aromatic N) is 2. The van der Waals surface area contributed by atoms with Gasteiger partial charge in [0.05, 0.1) is 24.6 Å². The molecule has 1 heterocycles. The monoisotopic (exact) mass is 239 g/mol. The standard InChI is InChI=1S/C13H25N3O/c1-5-11-8-12(16(7-3)15-11)9-17-10-13(4,14)6-2/h8H,5-7,9-10,14H2,1-4H3. The lowest BCUT2D eigenvalue weighted by Crippen LogP contribution is -2.40. The Kier molecular flexibility index (Phi) is 5.15. The molecule has 1 atom stereocenters. The van der Waals surface area contributed by atoms with E-state index < -0.39 is 0 Å². The van der Waals surface area contributed by atoms with Gasteiger partial charge in [-0.05, 0) is 32.8 Å². The van der Waals surface area contributed by atoms with Crippen LogP contribution in [0, 0.1) is 0 Å². The first-order valence-electron chi connectivity index (χ1n) is 6.44. The van der Waals surface area contributed by atoms with Gasteiger partial charge in [0.25, 0.3) is 0 Å². The molecule has 0 aliphatic carbocycles. The molecule has 0 fully saturated rings. The Bertz CT molecular complexity index is 344. The van der Waals surface area contributed by atoms with Gasteiger partial charge in [0, 0.05) is 12.1 Å². The molecule has 0 saturated carbocycles. The molecule has 0 spiro atoms. The third-order valence-corrected chi connectivity index (χ3v) is 3.07. The van der Waals surface area contributed by atoms with Crippen LogP contribution in [0.1, 0.15) is 45.5 Å². The second kappa shape index (κ2) is 6.17. The van der Waals surface area contributed by atoms with Crippen molar-refractivity contribution in [1.29, 1.82) is 0 Å². The molecule has 0 bridgehead atoms. The molecule has 98 valence electrons. The maximum Gasteiger partial charge on any atom is 0.0885 e. The van der Waals surface area contributed by atoms with Crippen molar-refractivity contribution >= 4 is 0 Å². The van der Waals surface area contributed by atoms with E-state index in [2.05, 4.69) is 31.9 Å². The highest BCUT2D eigenvalue weighted by Gasteiger charge is 2.16. The van der Waals surface area contributed by atoms with Crippen LogP contribution < -0.4 is 5.73 Å². The average molecular weight is 239 g/mol. The van der Waals surface area contributed by atoms with Gasteiger partial charge in [-0.2, -0.15) is 5.10 Å². The zero-order valence-corrected chi connectivity index (χ0v) is 11.5. The van der Waals surface area contributed by atoms with Gasteiger partial charge in [-0.25, -0.2) is 0 Å². The van der Waals surface area contributed by atoms with Crippen molar-refractivity contribution in [2.75, 3.05) is 6.61 Å². The molecule has 0 aliphatic rings. The summed E-state index contributed by atoms with van der Waals surface area (Å²) in [5, 5.41) is 4.49. The fourth-order valence-corrected chi connectivity index (χ4v) is 1.57. The Morgan fingerprint density at radius 3 is 2.65 bits per heavy atom. The second-order valence-corrected chi connectivity index (χ2v) is 4.80. The molecule has 4 nitrogen and oxygen atoms in total. The van der Waals surface area contributed by atoms with Gasteiger partial charge in [-0.1, -0.05) is 13.8 Å². The van der Waals surface area contributed by atoms with Crippen LogP contribution in [0.15, 0.2) is 6.07 Å². The van der Waals surface area contributed by atoms with Crippen LogP contribution >= 0.6 is 0 Å². The predicted octanol–water partition coefficient (Wildman–Crippen LogP) is 2.11. The fourth-order valence-electron chi connectivity index (χ4n) is 1.57. The molecule has 1 unspecified atom stereocenters. The van der Waals surface area contributed by atoms with Gasteiger partial charge in [-0.15, -0.1) is 0 Å². The SMILES string of the molecule is CCc1cc(COCC(C)(N)CC)n(CC)n1. The van der Waals surface area contributed by atoms with Crippen molar-refractivity contribution in [1.82, 2.24) is 9.78 Å². The third-order valence-electron chi connectivity index (χ3n) is 3.07. The molecule has 0 aromatic carbocycles. The first-order chi connectivity index (χ1) is 8.02. The molecular formula is C13H25N3O. The number of ether oxygens (including phenoxy) is 1. The van der Waals surface area contributed by atoms with Gasteiger partial charge in [-0.3, -0.25) is 4.68 Å². The van der Waals surface area contributed by atoms with Crippen LogP contribution in [-0.2, 0) is 24.3 Å². The Labute approximate surface area is 104 Å². The number of aryl methyl sites for hydroxylation is 2. The Morgan fingerprint density at radius 1 is 1.41 bits per heavy atom. The minimum Gasteiger partial charge on any atom is -0.373 e. The van der Waals surface area contributed by atoms with Gasteiger partial charge < -0.3 is 10.5 Å². The molecule has 17 heavy (non-hydrogen) atoms. The minimum absolute atomic E-state index is 0.231. The van der Waals surface area contributed by atoms with Gasteiger partial charge >= 0.3 is 0 Å². The maximum atomic E-state index is 6.03. The number of hydrogen-bond acceptors (Lipinski definition) is 3. The summed E-state index contributed by atoms with van der Waals surface area (Å²) in [4.78, 5) is 0. The smallest absolute Gasteiger partial charge is 0.0885 e. The summed E-state index contributed by atoms with van der Waals surface area (Å²) >= 11 is 0. The van der Waals surface area contributed by atoms with Crippen LogP contribution in [0.2, 0.25) is 0 Å². The molecule has 0 aliphatic heterocycles. The van der Waals surface area contributed by atoms with E-state index in [1.807, 2.05) is 11.6 Å². The van der Waals surface area contributed by atoms with Crippen LogP contribution in [0.25, 0.3) is 0 Å². The molecule has 1 aromatic rings. The average Bonchev–Trinajstić information content (AvgIpc) is 2.71. The maximum absolute atomic E-state index is 6.03. The molecule has 1 aromatic heterocycles. The quantitative estimate of drug-likeness (QED) is 0.793. The summed E-state index contributed by atoms with van der Waals surface area (Å²) in [6.07, 6.45) is 1.88. The number of aromatic nitrogens is 2. The summed E-state index contributed by atoms with van der Waals surface area (Å²) in [6.45, 7) is 10.4. The third kappa shape index (κ3) is 4.13. The topological polar surface area (TPSA) is 53.1 Å². The Morgan fingerprint density at radius 2 is 2.12 bits per heavy atom. The van der Waals surface area contributed by atoms with Crippen LogP contribution in [0.5, 0.6) is 0 Å². The molecule has 0 amide bonds. The largest absolute Gasteiger partial charge is 0.373 e. The molecule has 4 heteroatoms. The normalized spacial score (nSPS) is 14.9. The Hall–Kier alpha value is -0.870. The molecule has 1 rings (SSSR count). The van der Waals surface area contributed by atoms with Crippen molar-refractivity contribution in [3.63, 3.8) is 0 Å². The van der Waals surface area contributed by atoms with E-state index >= 15 is 0 Å². The van der Waals surface area contributed by atoms with E-state index in [-0.39, 0.29) is 5.54 Å². The highest BCUT2D eigenvalue weighted by atomic mass is 16.5.